The number of anilines is 1. The number of benzene rings is 2. The molecule has 1 N–H and O–H groups in total. The molecular weight excluding hydrogens is 369 g/mol. The molecule has 0 aliphatic heterocycles. The Morgan fingerprint density at radius 1 is 1.15 bits per heavy atom. The highest BCUT2D eigenvalue weighted by Gasteiger charge is 2.19. The van der Waals surface area contributed by atoms with Crippen LogP contribution >= 0.6 is 11.6 Å². The standard InChI is InChI=1S/C20H17ClFN3O2/c1-12-16(21)4-3-5-17(12)23-20(27)13(2)25-19(26)11-10-18(24-25)14-6-8-15(22)9-7-14/h3-11,13H,1-2H3,(H,23,27). The number of rotatable bonds is 4. The first-order chi connectivity index (χ1) is 12.9. The Kier molecular flexibility index (Phi) is 5.37. The minimum atomic E-state index is -0.851. The first kappa shape index (κ1) is 18.8. The molecule has 1 atom stereocenters. The average Bonchev–Trinajstić information content (AvgIpc) is 2.66. The molecule has 0 aliphatic carbocycles. The summed E-state index contributed by atoms with van der Waals surface area (Å²) in [6.07, 6.45) is 0. The molecule has 1 unspecified atom stereocenters. The monoisotopic (exact) mass is 385 g/mol. The quantitative estimate of drug-likeness (QED) is 0.731. The summed E-state index contributed by atoms with van der Waals surface area (Å²) in [5, 5.41) is 7.58. The predicted molar refractivity (Wildman–Crippen MR) is 103 cm³/mol. The molecule has 1 heterocycles. The van der Waals surface area contributed by atoms with E-state index in [2.05, 4.69) is 10.4 Å². The summed E-state index contributed by atoms with van der Waals surface area (Å²) in [6, 6.07) is 13.0. The van der Waals surface area contributed by atoms with Gasteiger partial charge in [0.1, 0.15) is 11.9 Å². The molecule has 0 radical (unpaired) electrons. The summed E-state index contributed by atoms with van der Waals surface area (Å²) in [6.45, 7) is 3.38. The van der Waals surface area contributed by atoms with Gasteiger partial charge < -0.3 is 5.32 Å². The van der Waals surface area contributed by atoms with Crippen LogP contribution in [0.25, 0.3) is 11.3 Å². The third kappa shape index (κ3) is 4.06. The van der Waals surface area contributed by atoms with Crippen LogP contribution in [0.2, 0.25) is 5.02 Å². The van der Waals surface area contributed by atoms with Crippen LogP contribution in [0.15, 0.2) is 59.4 Å². The van der Waals surface area contributed by atoms with Crippen LogP contribution in [-0.2, 0) is 4.79 Å². The van der Waals surface area contributed by atoms with E-state index in [0.717, 1.165) is 10.2 Å². The summed E-state index contributed by atoms with van der Waals surface area (Å²) in [4.78, 5) is 24.8. The van der Waals surface area contributed by atoms with Crippen LogP contribution < -0.4 is 10.9 Å². The number of nitrogens with zero attached hydrogens (tertiary/aromatic N) is 2. The number of hydrogen-bond donors (Lipinski definition) is 1. The van der Waals surface area contributed by atoms with Crippen molar-refractivity contribution in [3.8, 4) is 11.3 Å². The van der Waals surface area contributed by atoms with Crippen molar-refractivity contribution in [1.82, 2.24) is 9.78 Å². The zero-order valence-corrected chi connectivity index (χ0v) is 15.5. The summed E-state index contributed by atoms with van der Waals surface area (Å²) >= 11 is 6.07. The van der Waals surface area contributed by atoms with Crippen LogP contribution in [0.1, 0.15) is 18.5 Å². The predicted octanol–water partition coefficient (Wildman–Crippen LogP) is 4.21. The molecule has 2 aromatic carbocycles. The van der Waals surface area contributed by atoms with Crippen molar-refractivity contribution in [2.45, 2.75) is 19.9 Å². The second-order valence-electron chi connectivity index (χ2n) is 6.09. The maximum absolute atomic E-state index is 13.1. The second-order valence-corrected chi connectivity index (χ2v) is 6.49. The fourth-order valence-electron chi connectivity index (χ4n) is 2.57. The molecule has 0 fully saturated rings. The summed E-state index contributed by atoms with van der Waals surface area (Å²) < 4.78 is 14.2. The van der Waals surface area contributed by atoms with Crippen molar-refractivity contribution in [3.05, 3.63) is 81.4 Å². The van der Waals surface area contributed by atoms with Crippen molar-refractivity contribution in [2.75, 3.05) is 5.32 Å². The maximum Gasteiger partial charge on any atom is 0.267 e. The van der Waals surface area contributed by atoms with Crippen molar-refractivity contribution in [3.63, 3.8) is 0 Å². The average molecular weight is 386 g/mol. The lowest BCUT2D eigenvalue weighted by molar-refractivity contribution is -0.119. The number of hydrogen-bond acceptors (Lipinski definition) is 3. The highest BCUT2D eigenvalue weighted by atomic mass is 35.5. The number of aromatic nitrogens is 2. The van der Waals surface area contributed by atoms with Gasteiger partial charge in [-0.05, 0) is 61.9 Å². The second kappa shape index (κ2) is 7.72. The van der Waals surface area contributed by atoms with Gasteiger partial charge in [0.2, 0.25) is 5.91 Å². The summed E-state index contributed by atoms with van der Waals surface area (Å²) in [5.74, 6) is -0.761. The highest BCUT2D eigenvalue weighted by molar-refractivity contribution is 6.31. The van der Waals surface area contributed by atoms with E-state index in [4.69, 9.17) is 11.6 Å². The zero-order chi connectivity index (χ0) is 19.6. The van der Waals surface area contributed by atoms with E-state index in [0.29, 0.717) is 22.0 Å². The molecule has 0 saturated heterocycles. The number of carbonyl (C=O) groups is 1. The van der Waals surface area contributed by atoms with E-state index >= 15 is 0 Å². The Morgan fingerprint density at radius 3 is 2.56 bits per heavy atom. The molecular formula is C20H17ClFN3O2. The van der Waals surface area contributed by atoms with Crippen LogP contribution in [-0.4, -0.2) is 15.7 Å². The van der Waals surface area contributed by atoms with E-state index in [1.54, 1.807) is 44.2 Å². The zero-order valence-electron chi connectivity index (χ0n) is 14.7. The highest BCUT2D eigenvalue weighted by Crippen LogP contribution is 2.24. The van der Waals surface area contributed by atoms with Crippen molar-refractivity contribution < 1.29 is 9.18 Å². The topological polar surface area (TPSA) is 64.0 Å². The SMILES string of the molecule is Cc1c(Cl)cccc1NC(=O)C(C)n1nc(-c2ccc(F)cc2)ccc1=O. The largest absolute Gasteiger partial charge is 0.324 e. The van der Waals surface area contributed by atoms with Crippen molar-refractivity contribution >= 4 is 23.2 Å². The van der Waals surface area contributed by atoms with Gasteiger partial charge in [0, 0.05) is 22.3 Å². The van der Waals surface area contributed by atoms with E-state index in [-0.39, 0.29) is 5.82 Å². The molecule has 138 valence electrons. The minimum Gasteiger partial charge on any atom is -0.324 e. The van der Waals surface area contributed by atoms with E-state index in [1.807, 2.05) is 0 Å². The van der Waals surface area contributed by atoms with Gasteiger partial charge in [-0.15, -0.1) is 0 Å². The van der Waals surface area contributed by atoms with Gasteiger partial charge in [0.05, 0.1) is 5.69 Å². The van der Waals surface area contributed by atoms with Crippen molar-refractivity contribution in [2.24, 2.45) is 0 Å². The number of halogens is 2. The lowest BCUT2D eigenvalue weighted by Gasteiger charge is -2.16. The van der Waals surface area contributed by atoms with E-state index < -0.39 is 17.5 Å². The number of carbonyl (C=O) groups excluding carboxylic acids is 1. The maximum atomic E-state index is 13.1. The molecule has 27 heavy (non-hydrogen) atoms. The van der Waals surface area contributed by atoms with Gasteiger partial charge in [0.15, 0.2) is 0 Å². The normalized spacial score (nSPS) is 11.9. The first-order valence-corrected chi connectivity index (χ1v) is 8.66. The number of nitrogens with one attached hydrogen (secondary N) is 1. The van der Waals surface area contributed by atoms with Gasteiger partial charge in [0.25, 0.3) is 5.56 Å². The Morgan fingerprint density at radius 2 is 1.85 bits per heavy atom. The molecule has 5 nitrogen and oxygen atoms in total. The Balaban J connectivity index is 1.89. The van der Waals surface area contributed by atoms with E-state index in [9.17, 15) is 14.0 Å². The van der Waals surface area contributed by atoms with Gasteiger partial charge in [-0.25, -0.2) is 9.07 Å². The Hall–Kier alpha value is -2.99. The van der Waals surface area contributed by atoms with Gasteiger partial charge >= 0.3 is 0 Å². The van der Waals surface area contributed by atoms with Crippen molar-refractivity contribution in [1.29, 1.82) is 0 Å². The lowest BCUT2D eigenvalue weighted by atomic mass is 10.1. The molecule has 3 aromatic rings. The summed E-state index contributed by atoms with van der Waals surface area (Å²) in [7, 11) is 0. The smallest absolute Gasteiger partial charge is 0.267 e. The first-order valence-electron chi connectivity index (χ1n) is 8.28. The lowest BCUT2D eigenvalue weighted by Crippen LogP contribution is -2.33. The Bertz CT molecular complexity index is 1050. The molecule has 0 spiro atoms. The van der Waals surface area contributed by atoms with Gasteiger partial charge in [-0.2, -0.15) is 5.10 Å². The molecule has 1 amide bonds. The third-order valence-corrected chi connectivity index (χ3v) is 4.65. The fourth-order valence-corrected chi connectivity index (χ4v) is 2.74. The fraction of sp³-hybridized carbons (Fsp3) is 0.150. The molecule has 0 aliphatic rings. The van der Waals surface area contributed by atoms with Crippen LogP contribution in [0.4, 0.5) is 10.1 Å². The molecule has 7 heteroatoms. The molecule has 1 aromatic heterocycles. The summed E-state index contributed by atoms with van der Waals surface area (Å²) in [5.41, 5.74) is 2.00. The van der Waals surface area contributed by atoms with Crippen LogP contribution in [0, 0.1) is 12.7 Å². The third-order valence-electron chi connectivity index (χ3n) is 4.24. The van der Waals surface area contributed by atoms with E-state index in [1.165, 1.54) is 24.3 Å². The number of amides is 1. The van der Waals surface area contributed by atoms with Crippen LogP contribution in [0.5, 0.6) is 0 Å². The molecule has 3 rings (SSSR count). The molecule has 0 saturated carbocycles. The van der Waals surface area contributed by atoms with Crippen LogP contribution in [0.3, 0.4) is 0 Å². The molecule has 0 bridgehead atoms. The Labute approximate surface area is 160 Å². The van der Waals surface area contributed by atoms with Gasteiger partial charge in [-0.3, -0.25) is 9.59 Å². The van der Waals surface area contributed by atoms with Gasteiger partial charge in [-0.1, -0.05) is 17.7 Å². The minimum absolute atomic E-state index is 0.364.